The molecule has 144 valence electrons. The van der Waals surface area contributed by atoms with Crippen LogP contribution in [-0.4, -0.2) is 60.5 Å². The highest BCUT2D eigenvalue weighted by Gasteiger charge is 2.31. The minimum atomic E-state index is -0.523. The van der Waals surface area contributed by atoms with Crippen LogP contribution in [0.4, 0.5) is 4.39 Å². The molecule has 1 aliphatic carbocycles. The summed E-state index contributed by atoms with van der Waals surface area (Å²) in [7, 11) is 2.79. The van der Waals surface area contributed by atoms with Crippen molar-refractivity contribution in [1.82, 2.24) is 14.7 Å². The zero-order valence-electron chi connectivity index (χ0n) is 15.4. The van der Waals surface area contributed by atoms with Crippen molar-refractivity contribution in [3.05, 3.63) is 47.0 Å². The second-order valence-corrected chi connectivity index (χ2v) is 6.29. The molecule has 1 aromatic carbocycles. The number of carbonyl (C=O) groups is 2. The molecule has 0 spiro atoms. The maximum absolute atomic E-state index is 14.3. The first-order chi connectivity index (χ1) is 13.1. The van der Waals surface area contributed by atoms with Crippen LogP contribution >= 0.6 is 0 Å². The molecular formula is C19H22FN3O4. The van der Waals surface area contributed by atoms with Gasteiger partial charge < -0.3 is 14.4 Å². The van der Waals surface area contributed by atoms with Gasteiger partial charge in [0.05, 0.1) is 13.7 Å². The van der Waals surface area contributed by atoms with E-state index in [2.05, 4.69) is 9.84 Å². The zero-order valence-corrected chi connectivity index (χ0v) is 15.4. The molecule has 3 rings (SSSR count). The number of amides is 1. The SMILES string of the molecule is COCCN(CC(=O)OC)C(=O)c1nn(-c2ccccc2F)c2c1CCC2. The molecule has 0 aliphatic heterocycles. The summed E-state index contributed by atoms with van der Waals surface area (Å²) < 4.78 is 25.5. The number of hydrogen-bond acceptors (Lipinski definition) is 5. The first kappa shape index (κ1) is 19.0. The smallest absolute Gasteiger partial charge is 0.325 e. The van der Waals surface area contributed by atoms with E-state index in [1.165, 1.54) is 29.9 Å². The lowest BCUT2D eigenvalue weighted by Gasteiger charge is -2.20. The van der Waals surface area contributed by atoms with Crippen LogP contribution in [0.1, 0.15) is 28.2 Å². The minimum Gasteiger partial charge on any atom is -0.468 e. The molecule has 8 heteroatoms. The maximum Gasteiger partial charge on any atom is 0.325 e. The summed E-state index contributed by atoms with van der Waals surface area (Å²) in [6.45, 7) is 0.310. The summed E-state index contributed by atoms with van der Waals surface area (Å²) in [6, 6.07) is 6.33. The van der Waals surface area contributed by atoms with Crippen LogP contribution in [0.3, 0.4) is 0 Å². The van der Waals surface area contributed by atoms with Gasteiger partial charge in [-0.25, -0.2) is 9.07 Å². The molecular weight excluding hydrogens is 353 g/mol. The molecule has 1 aromatic heterocycles. The standard InChI is InChI=1S/C19H22FN3O4/c1-26-11-10-22(12-17(24)27-2)19(25)18-13-6-5-9-15(13)23(21-18)16-8-4-3-7-14(16)20/h3-4,7-8H,5-6,9-12H2,1-2H3. The summed E-state index contributed by atoms with van der Waals surface area (Å²) in [5, 5.41) is 4.42. The molecule has 0 atom stereocenters. The molecule has 0 radical (unpaired) electrons. The van der Waals surface area contributed by atoms with Gasteiger partial charge in [0.15, 0.2) is 5.69 Å². The number of aromatic nitrogens is 2. The Balaban J connectivity index is 1.98. The Kier molecular flexibility index (Phi) is 5.85. The molecule has 0 saturated carbocycles. The van der Waals surface area contributed by atoms with Crippen LogP contribution in [-0.2, 0) is 27.1 Å². The molecule has 1 amide bonds. The number of halogens is 1. The van der Waals surface area contributed by atoms with Gasteiger partial charge in [-0.15, -0.1) is 0 Å². The number of esters is 1. The third kappa shape index (κ3) is 3.85. The van der Waals surface area contributed by atoms with Crippen molar-refractivity contribution < 1.29 is 23.5 Å². The number of hydrogen-bond donors (Lipinski definition) is 0. The highest BCUT2D eigenvalue weighted by molar-refractivity contribution is 5.96. The number of benzene rings is 1. The van der Waals surface area contributed by atoms with Crippen molar-refractivity contribution >= 4 is 11.9 Å². The van der Waals surface area contributed by atoms with Gasteiger partial charge in [-0.2, -0.15) is 5.10 Å². The van der Waals surface area contributed by atoms with E-state index >= 15 is 0 Å². The summed E-state index contributed by atoms with van der Waals surface area (Å²) in [5.41, 5.74) is 2.22. The molecule has 1 heterocycles. The quantitative estimate of drug-likeness (QED) is 0.690. The van der Waals surface area contributed by atoms with Gasteiger partial charge in [0, 0.05) is 24.9 Å². The Morgan fingerprint density at radius 1 is 1.26 bits per heavy atom. The van der Waals surface area contributed by atoms with E-state index in [1.54, 1.807) is 18.2 Å². The van der Waals surface area contributed by atoms with E-state index in [9.17, 15) is 14.0 Å². The van der Waals surface area contributed by atoms with E-state index in [1.807, 2.05) is 0 Å². The first-order valence-corrected chi connectivity index (χ1v) is 8.77. The normalized spacial score (nSPS) is 12.7. The summed E-state index contributed by atoms with van der Waals surface area (Å²) in [4.78, 5) is 26.1. The molecule has 0 saturated heterocycles. The van der Waals surface area contributed by atoms with Crippen molar-refractivity contribution in [3.8, 4) is 5.69 Å². The molecule has 0 bridgehead atoms. The molecule has 0 fully saturated rings. The number of ether oxygens (including phenoxy) is 2. The van der Waals surface area contributed by atoms with Crippen LogP contribution in [0.5, 0.6) is 0 Å². The summed E-state index contributed by atoms with van der Waals surface area (Å²) in [6.07, 6.45) is 2.29. The number of carbonyl (C=O) groups excluding carboxylic acids is 2. The first-order valence-electron chi connectivity index (χ1n) is 8.77. The van der Waals surface area contributed by atoms with Crippen LogP contribution in [0.15, 0.2) is 24.3 Å². The molecule has 1 aliphatic rings. The number of fused-ring (bicyclic) bond motifs is 1. The van der Waals surface area contributed by atoms with Crippen LogP contribution < -0.4 is 0 Å². The van der Waals surface area contributed by atoms with E-state index in [4.69, 9.17) is 4.74 Å². The molecule has 0 N–H and O–H groups in total. The Bertz CT molecular complexity index is 849. The van der Waals surface area contributed by atoms with Crippen molar-refractivity contribution in [2.24, 2.45) is 0 Å². The third-order valence-corrected chi connectivity index (χ3v) is 4.61. The van der Waals surface area contributed by atoms with Crippen molar-refractivity contribution in [1.29, 1.82) is 0 Å². The number of para-hydroxylation sites is 1. The summed E-state index contributed by atoms with van der Waals surface area (Å²) in [5.74, 6) is -1.31. The maximum atomic E-state index is 14.3. The lowest BCUT2D eigenvalue weighted by molar-refractivity contribution is -0.141. The molecule has 7 nitrogen and oxygen atoms in total. The van der Waals surface area contributed by atoms with E-state index in [0.29, 0.717) is 12.1 Å². The topological polar surface area (TPSA) is 73.7 Å². The number of nitrogens with zero attached hydrogens (tertiary/aromatic N) is 3. The lowest BCUT2D eigenvalue weighted by atomic mass is 10.2. The minimum absolute atomic E-state index is 0.194. The lowest BCUT2D eigenvalue weighted by Crippen LogP contribution is -2.39. The van der Waals surface area contributed by atoms with Crippen LogP contribution in [0.25, 0.3) is 5.69 Å². The second-order valence-electron chi connectivity index (χ2n) is 6.29. The largest absolute Gasteiger partial charge is 0.468 e. The Hall–Kier alpha value is -2.74. The fourth-order valence-electron chi connectivity index (χ4n) is 3.26. The zero-order chi connectivity index (χ0) is 19.4. The Morgan fingerprint density at radius 3 is 2.74 bits per heavy atom. The van der Waals surface area contributed by atoms with Gasteiger partial charge in [-0.3, -0.25) is 9.59 Å². The number of methoxy groups -OCH3 is 2. The van der Waals surface area contributed by atoms with Gasteiger partial charge in [0.25, 0.3) is 5.91 Å². The average Bonchev–Trinajstić information content (AvgIpc) is 3.27. The third-order valence-electron chi connectivity index (χ3n) is 4.61. The second kappa shape index (κ2) is 8.30. The Morgan fingerprint density at radius 2 is 2.04 bits per heavy atom. The van der Waals surface area contributed by atoms with Gasteiger partial charge in [0.2, 0.25) is 0 Å². The molecule has 2 aromatic rings. The highest BCUT2D eigenvalue weighted by atomic mass is 19.1. The molecule has 27 heavy (non-hydrogen) atoms. The number of rotatable bonds is 7. The van der Waals surface area contributed by atoms with Gasteiger partial charge in [-0.1, -0.05) is 12.1 Å². The van der Waals surface area contributed by atoms with Gasteiger partial charge in [-0.05, 0) is 31.4 Å². The van der Waals surface area contributed by atoms with Crippen LogP contribution in [0, 0.1) is 5.82 Å². The van der Waals surface area contributed by atoms with E-state index in [-0.39, 0.29) is 31.3 Å². The van der Waals surface area contributed by atoms with Crippen molar-refractivity contribution in [3.63, 3.8) is 0 Å². The Labute approximate surface area is 156 Å². The van der Waals surface area contributed by atoms with Crippen molar-refractivity contribution in [2.75, 3.05) is 33.9 Å². The fourth-order valence-corrected chi connectivity index (χ4v) is 3.26. The van der Waals surface area contributed by atoms with E-state index in [0.717, 1.165) is 24.1 Å². The average molecular weight is 375 g/mol. The monoisotopic (exact) mass is 375 g/mol. The van der Waals surface area contributed by atoms with Gasteiger partial charge in [0.1, 0.15) is 18.0 Å². The fraction of sp³-hybridized carbons (Fsp3) is 0.421. The predicted octanol–water partition coefficient (Wildman–Crippen LogP) is 1.76. The highest BCUT2D eigenvalue weighted by Crippen LogP contribution is 2.29. The summed E-state index contributed by atoms with van der Waals surface area (Å²) >= 11 is 0. The van der Waals surface area contributed by atoms with Gasteiger partial charge >= 0.3 is 5.97 Å². The van der Waals surface area contributed by atoms with Crippen molar-refractivity contribution in [2.45, 2.75) is 19.3 Å². The molecule has 0 unspecified atom stereocenters. The van der Waals surface area contributed by atoms with Crippen LogP contribution in [0.2, 0.25) is 0 Å². The van der Waals surface area contributed by atoms with E-state index < -0.39 is 11.8 Å². The predicted molar refractivity (Wildman–Crippen MR) is 95.3 cm³/mol.